The smallest absolute Gasteiger partial charge is 0.0553 e. The van der Waals surface area contributed by atoms with E-state index in [9.17, 15) is 0 Å². The molecule has 2 unspecified atom stereocenters. The standard InChI is InChI=1S/C14H33P4/c1-12(2,3)15-16(13(4,5)6)18(10,11)17(15)14(7,8)9/h1-11H3/q+1. The molecule has 0 amide bonds. The molecule has 1 fully saturated rings. The van der Waals surface area contributed by atoms with Crippen molar-refractivity contribution in [3.63, 3.8) is 0 Å². The molecular formula is C14H33P4+. The van der Waals surface area contributed by atoms with Gasteiger partial charge in [-0.15, -0.1) is 0 Å². The minimum absolute atomic E-state index is 0.249. The summed E-state index contributed by atoms with van der Waals surface area (Å²) in [5.74, 6) is 0. The summed E-state index contributed by atoms with van der Waals surface area (Å²) in [4.78, 5) is 0. The minimum atomic E-state index is -0.674. The molecule has 4 heteroatoms. The van der Waals surface area contributed by atoms with Crippen LogP contribution in [0.5, 0.6) is 0 Å². The first-order valence-electron chi connectivity index (χ1n) is 6.87. The molecule has 2 atom stereocenters. The fourth-order valence-corrected chi connectivity index (χ4v) is 69.9. The Labute approximate surface area is 120 Å². The van der Waals surface area contributed by atoms with Crippen molar-refractivity contribution in [2.45, 2.75) is 77.8 Å². The van der Waals surface area contributed by atoms with Crippen LogP contribution < -0.4 is 0 Å². The van der Waals surface area contributed by atoms with Gasteiger partial charge >= 0.3 is 0 Å². The Balaban J connectivity index is 3.24. The Morgan fingerprint density at radius 3 is 1.00 bits per heavy atom. The van der Waals surface area contributed by atoms with Gasteiger partial charge in [-0.25, -0.2) is 0 Å². The first-order chi connectivity index (χ1) is 7.61. The summed E-state index contributed by atoms with van der Waals surface area (Å²) in [6.07, 6.45) is 0. The molecule has 0 N–H and O–H groups in total. The molecule has 0 saturated carbocycles. The molecule has 0 aromatic rings. The lowest BCUT2D eigenvalue weighted by atomic mass is 10.3. The normalized spacial score (nSPS) is 33.2. The Morgan fingerprint density at radius 1 is 0.556 bits per heavy atom. The second kappa shape index (κ2) is 4.88. The summed E-state index contributed by atoms with van der Waals surface area (Å²) < 4.78 is 0. The van der Waals surface area contributed by atoms with Gasteiger partial charge in [0.1, 0.15) is 0 Å². The number of hydrogen-bond donors (Lipinski definition) is 0. The molecule has 0 radical (unpaired) electrons. The van der Waals surface area contributed by atoms with Crippen LogP contribution in [0.25, 0.3) is 0 Å². The average molecular weight is 325 g/mol. The van der Waals surface area contributed by atoms with E-state index in [2.05, 4.69) is 75.6 Å². The lowest BCUT2D eigenvalue weighted by Crippen LogP contribution is -2.28. The Hall–Kier alpha value is 1.72. The summed E-state index contributed by atoms with van der Waals surface area (Å²) in [5, 5.41) is 1.69. The molecule has 108 valence electrons. The van der Waals surface area contributed by atoms with Crippen LogP contribution in [0.2, 0.25) is 0 Å². The highest BCUT2D eigenvalue weighted by Gasteiger charge is 2.73. The van der Waals surface area contributed by atoms with Crippen molar-refractivity contribution in [1.29, 1.82) is 0 Å². The lowest BCUT2D eigenvalue weighted by Gasteiger charge is -2.62. The van der Waals surface area contributed by atoms with Crippen LogP contribution in [-0.4, -0.2) is 28.8 Å². The monoisotopic (exact) mass is 325 g/mol. The van der Waals surface area contributed by atoms with Crippen LogP contribution in [0.15, 0.2) is 0 Å². The highest BCUT2D eigenvalue weighted by Crippen LogP contribution is 3.31. The highest BCUT2D eigenvalue weighted by atomic mass is 33.0. The second-order valence-corrected chi connectivity index (χ2v) is 34.1. The lowest BCUT2D eigenvalue weighted by molar-refractivity contribution is 0.775. The maximum atomic E-state index is 2.69. The van der Waals surface area contributed by atoms with Crippen LogP contribution in [0, 0.1) is 0 Å². The van der Waals surface area contributed by atoms with Crippen LogP contribution in [0.3, 0.4) is 0 Å². The first-order valence-corrected chi connectivity index (χ1v) is 16.4. The van der Waals surface area contributed by atoms with Crippen molar-refractivity contribution in [2.75, 3.05) is 13.3 Å². The fourth-order valence-electron chi connectivity index (χ4n) is 3.15. The van der Waals surface area contributed by atoms with Crippen molar-refractivity contribution in [1.82, 2.24) is 0 Å². The SMILES string of the molecule is CC(C)(C)P1P(C(C)(C)C)[P+](C)(C)P1C(C)(C)C. The molecule has 0 bridgehead atoms. The third-order valence-electron chi connectivity index (χ3n) is 3.09. The molecule has 1 aliphatic heterocycles. The zero-order chi connectivity index (χ0) is 14.7. The third-order valence-corrected chi connectivity index (χ3v) is 50.6. The van der Waals surface area contributed by atoms with Gasteiger partial charge in [0, 0.05) is 17.6 Å². The van der Waals surface area contributed by atoms with E-state index in [0.717, 1.165) is 0 Å². The molecule has 1 heterocycles. The summed E-state index contributed by atoms with van der Waals surface area (Å²) >= 11 is 0. The molecule has 0 aromatic heterocycles. The molecule has 0 spiro atoms. The molecule has 1 aliphatic rings. The van der Waals surface area contributed by atoms with E-state index in [1.165, 1.54) is 0 Å². The van der Waals surface area contributed by atoms with E-state index in [1.807, 2.05) is 0 Å². The van der Waals surface area contributed by atoms with E-state index in [4.69, 9.17) is 0 Å². The Bertz CT molecular complexity index is 290. The van der Waals surface area contributed by atoms with E-state index < -0.39 is 6.64 Å². The van der Waals surface area contributed by atoms with E-state index in [-0.39, 0.29) is 21.9 Å². The topological polar surface area (TPSA) is 0 Å². The molecule has 1 saturated heterocycles. The van der Waals surface area contributed by atoms with Gasteiger partial charge in [0.2, 0.25) is 0 Å². The Morgan fingerprint density at radius 2 is 0.833 bits per heavy atom. The van der Waals surface area contributed by atoms with Gasteiger partial charge in [-0.3, -0.25) is 0 Å². The van der Waals surface area contributed by atoms with Gasteiger partial charge < -0.3 is 0 Å². The molecule has 0 aromatic carbocycles. The van der Waals surface area contributed by atoms with E-state index in [0.29, 0.717) is 15.5 Å². The zero-order valence-corrected chi connectivity index (χ0v) is 17.9. The molecule has 0 nitrogen and oxygen atoms in total. The zero-order valence-electron chi connectivity index (χ0n) is 14.3. The Kier molecular flexibility index (Phi) is 4.81. The fraction of sp³-hybridized carbons (Fsp3) is 1.00. The van der Waals surface area contributed by atoms with Crippen molar-refractivity contribution < 1.29 is 0 Å². The van der Waals surface area contributed by atoms with Crippen LogP contribution in [0.4, 0.5) is 0 Å². The predicted octanol–water partition coefficient (Wildman–Crippen LogP) is 7.78. The van der Waals surface area contributed by atoms with Gasteiger partial charge in [-0.2, -0.15) is 0 Å². The first kappa shape index (κ1) is 17.8. The summed E-state index contributed by atoms with van der Waals surface area (Å²) in [5.41, 5.74) is 0. The van der Waals surface area contributed by atoms with Gasteiger partial charge in [0.25, 0.3) is 0 Å². The molecular weight excluding hydrogens is 292 g/mol. The van der Waals surface area contributed by atoms with Crippen molar-refractivity contribution in [3.8, 4) is 0 Å². The van der Waals surface area contributed by atoms with Gasteiger partial charge in [0.15, 0.2) is 0 Å². The van der Waals surface area contributed by atoms with Gasteiger partial charge in [-0.1, -0.05) is 62.3 Å². The van der Waals surface area contributed by atoms with Crippen molar-refractivity contribution >= 4 is 28.5 Å². The van der Waals surface area contributed by atoms with Gasteiger partial charge in [0.05, 0.1) is 34.6 Å². The molecule has 1 rings (SSSR count). The molecule has 0 aliphatic carbocycles. The third kappa shape index (κ3) is 3.14. The van der Waals surface area contributed by atoms with E-state index in [1.54, 1.807) is 0 Å². The maximum Gasteiger partial charge on any atom is 0.0949 e. The van der Waals surface area contributed by atoms with Crippen LogP contribution >= 0.6 is 28.5 Å². The quantitative estimate of drug-likeness (QED) is 0.399. The second-order valence-electron chi connectivity index (χ2n) is 8.72. The highest BCUT2D eigenvalue weighted by molar-refractivity contribution is 9.13. The molecule has 18 heavy (non-hydrogen) atoms. The number of hydrogen-bond acceptors (Lipinski definition) is 0. The largest absolute Gasteiger partial charge is 0.0949 e. The maximum absolute atomic E-state index is 2.69. The van der Waals surface area contributed by atoms with Gasteiger partial charge in [-0.05, 0) is 5.16 Å². The number of rotatable bonds is 0. The van der Waals surface area contributed by atoms with Crippen LogP contribution in [0.1, 0.15) is 62.3 Å². The van der Waals surface area contributed by atoms with Crippen molar-refractivity contribution in [2.24, 2.45) is 0 Å². The summed E-state index contributed by atoms with van der Waals surface area (Å²) in [6.45, 7) is 27.3. The average Bonchev–Trinajstić information content (AvgIpc) is 1.91. The predicted molar refractivity (Wildman–Crippen MR) is 98.8 cm³/mol. The van der Waals surface area contributed by atoms with E-state index >= 15 is 0 Å². The minimum Gasteiger partial charge on any atom is -0.0553 e. The van der Waals surface area contributed by atoms with Crippen molar-refractivity contribution in [3.05, 3.63) is 0 Å². The van der Waals surface area contributed by atoms with Crippen LogP contribution in [-0.2, 0) is 0 Å². The summed E-state index contributed by atoms with van der Waals surface area (Å²) in [7, 11) is 0.784. The summed E-state index contributed by atoms with van der Waals surface area (Å²) in [6, 6.07) is 0.